The van der Waals surface area contributed by atoms with Crippen LogP contribution in [0.1, 0.15) is 17.9 Å². The minimum atomic E-state index is -0.105. The van der Waals surface area contributed by atoms with Gasteiger partial charge in [0.15, 0.2) is 5.76 Å². The molecule has 2 aromatic heterocycles. The summed E-state index contributed by atoms with van der Waals surface area (Å²) in [5.41, 5.74) is 2.27. The lowest BCUT2D eigenvalue weighted by Gasteiger charge is -2.05. The number of aryl methyl sites for hydroxylation is 3. The molecule has 0 saturated carbocycles. The van der Waals surface area contributed by atoms with Gasteiger partial charge in [-0.15, -0.1) is 0 Å². The van der Waals surface area contributed by atoms with Gasteiger partial charge in [0, 0.05) is 16.8 Å². The molecule has 0 radical (unpaired) electrons. The van der Waals surface area contributed by atoms with Crippen LogP contribution in [0.15, 0.2) is 28.9 Å². The summed E-state index contributed by atoms with van der Waals surface area (Å²) in [6.45, 7) is 4.04. The van der Waals surface area contributed by atoms with E-state index in [9.17, 15) is 4.79 Å². The molecule has 0 aliphatic carbocycles. The summed E-state index contributed by atoms with van der Waals surface area (Å²) in [7, 11) is 0. The van der Waals surface area contributed by atoms with Gasteiger partial charge in [-0.2, -0.15) is 5.10 Å². The Labute approximate surface area is 132 Å². The van der Waals surface area contributed by atoms with Gasteiger partial charge in [0.05, 0.1) is 18.3 Å². The maximum atomic E-state index is 12.1. The lowest BCUT2D eigenvalue weighted by molar-refractivity contribution is -0.116. The standard InChI is InChI=1S/C15H15ClN4O2/c1-9-15(10(2)22-19-9)18-14(21)5-6-20-13-4-3-12(16)7-11(13)8-17-20/h3-4,7-8H,5-6H2,1-2H3,(H,18,21). The first-order valence-electron chi connectivity index (χ1n) is 6.88. The quantitative estimate of drug-likeness (QED) is 0.801. The number of aromatic nitrogens is 3. The van der Waals surface area contributed by atoms with E-state index in [-0.39, 0.29) is 5.91 Å². The monoisotopic (exact) mass is 318 g/mol. The Hall–Kier alpha value is -2.34. The normalized spacial score (nSPS) is 11.0. The van der Waals surface area contributed by atoms with Crippen molar-refractivity contribution >= 4 is 34.1 Å². The van der Waals surface area contributed by atoms with Gasteiger partial charge in [-0.05, 0) is 32.0 Å². The first-order valence-corrected chi connectivity index (χ1v) is 7.26. The van der Waals surface area contributed by atoms with Gasteiger partial charge in [0.25, 0.3) is 0 Å². The molecule has 114 valence electrons. The summed E-state index contributed by atoms with van der Waals surface area (Å²) < 4.78 is 6.81. The molecule has 7 heteroatoms. The molecule has 1 N–H and O–H groups in total. The Balaban J connectivity index is 1.68. The molecule has 3 rings (SSSR count). The Morgan fingerprint density at radius 2 is 2.23 bits per heavy atom. The van der Waals surface area contributed by atoms with Crippen LogP contribution in [-0.4, -0.2) is 20.8 Å². The number of amides is 1. The zero-order valence-corrected chi connectivity index (χ0v) is 13.0. The third-order valence-electron chi connectivity index (χ3n) is 3.45. The van der Waals surface area contributed by atoms with Gasteiger partial charge in [0.2, 0.25) is 5.91 Å². The number of halogens is 1. The van der Waals surface area contributed by atoms with Crippen LogP contribution in [-0.2, 0) is 11.3 Å². The molecule has 0 aliphatic rings. The molecule has 0 aliphatic heterocycles. The van der Waals surface area contributed by atoms with Crippen molar-refractivity contribution < 1.29 is 9.32 Å². The number of nitrogens with zero attached hydrogens (tertiary/aromatic N) is 3. The summed E-state index contributed by atoms with van der Waals surface area (Å²) in [6, 6.07) is 5.56. The average molecular weight is 319 g/mol. The molecule has 22 heavy (non-hydrogen) atoms. The minimum absolute atomic E-state index is 0.105. The van der Waals surface area contributed by atoms with Crippen molar-refractivity contribution in [3.63, 3.8) is 0 Å². The molecule has 0 bridgehead atoms. The highest BCUT2D eigenvalue weighted by Gasteiger charge is 2.13. The van der Waals surface area contributed by atoms with E-state index in [4.69, 9.17) is 16.1 Å². The molecular formula is C15H15ClN4O2. The lowest BCUT2D eigenvalue weighted by atomic mass is 10.2. The number of hydrogen-bond acceptors (Lipinski definition) is 4. The second-order valence-electron chi connectivity index (χ2n) is 5.07. The van der Waals surface area contributed by atoms with E-state index in [2.05, 4.69) is 15.6 Å². The first kappa shape index (κ1) is 14.6. The number of anilines is 1. The zero-order chi connectivity index (χ0) is 15.7. The van der Waals surface area contributed by atoms with Gasteiger partial charge >= 0.3 is 0 Å². The molecule has 2 heterocycles. The number of rotatable bonds is 4. The van der Waals surface area contributed by atoms with Gasteiger partial charge in [-0.3, -0.25) is 9.48 Å². The average Bonchev–Trinajstić information content (AvgIpc) is 3.02. The number of hydrogen-bond donors (Lipinski definition) is 1. The van der Waals surface area contributed by atoms with Crippen LogP contribution in [0.5, 0.6) is 0 Å². The third-order valence-corrected chi connectivity index (χ3v) is 3.69. The molecule has 1 aromatic carbocycles. The van der Waals surface area contributed by atoms with E-state index in [0.717, 1.165) is 10.9 Å². The maximum Gasteiger partial charge on any atom is 0.226 e. The smallest absolute Gasteiger partial charge is 0.226 e. The third kappa shape index (κ3) is 2.82. The highest BCUT2D eigenvalue weighted by molar-refractivity contribution is 6.31. The van der Waals surface area contributed by atoms with E-state index < -0.39 is 0 Å². The molecule has 0 spiro atoms. The van der Waals surface area contributed by atoms with Crippen LogP contribution in [0, 0.1) is 13.8 Å². The SMILES string of the molecule is Cc1noc(C)c1NC(=O)CCn1ncc2cc(Cl)ccc21. The van der Waals surface area contributed by atoms with E-state index in [1.807, 2.05) is 18.2 Å². The second kappa shape index (κ2) is 5.81. The Morgan fingerprint density at radius 1 is 1.41 bits per heavy atom. The van der Waals surface area contributed by atoms with Crippen LogP contribution in [0.3, 0.4) is 0 Å². The van der Waals surface area contributed by atoms with Crippen LogP contribution >= 0.6 is 11.6 Å². The van der Waals surface area contributed by atoms with Crippen molar-refractivity contribution in [1.82, 2.24) is 14.9 Å². The molecule has 0 fully saturated rings. The zero-order valence-electron chi connectivity index (χ0n) is 12.3. The lowest BCUT2D eigenvalue weighted by Crippen LogP contribution is -2.15. The topological polar surface area (TPSA) is 73.0 Å². The number of fused-ring (bicyclic) bond motifs is 1. The maximum absolute atomic E-state index is 12.1. The second-order valence-corrected chi connectivity index (χ2v) is 5.50. The molecule has 0 atom stereocenters. The van der Waals surface area contributed by atoms with E-state index in [1.54, 1.807) is 24.7 Å². The summed E-state index contributed by atoms with van der Waals surface area (Å²) in [6.07, 6.45) is 2.05. The Bertz CT molecular complexity index is 818. The predicted octanol–water partition coefficient (Wildman–Crippen LogP) is 3.32. The van der Waals surface area contributed by atoms with Crippen LogP contribution < -0.4 is 5.32 Å². The number of carbonyl (C=O) groups excluding carboxylic acids is 1. The fourth-order valence-corrected chi connectivity index (χ4v) is 2.49. The Kier molecular flexibility index (Phi) is 3.85. The summed E-state index contributed by atoms with van der Waals surface area (Å²) >= 11 is 5.95. The van der Waals surface area contributed by atoms with Gasteiger partial charge in [-0.1, -0.05) is 16.8 Å². The van der Waals surface area contributed by atoms with E-state index >= 15 is 0 Å². The fourth-order valence-electron chi connectivity index (χ4n) is 2.31. The molecule has 1 amide bonds. The number of carbonyl (C=O) groups is 1. The molecule has 0 unspecified atom stereocenters. The molecule has 3 aromatic rings. The highest BCUT2D eigenvalue weighted by Crippen LogP contribution is 2.20. The Morgan fingerprint density at radius 3 is 2.95 bits per heavy atom. The molecule has 0 saturated heterocycles. The fraction of sp³-hybridized carbons (Fsp3) is 0.267. The van der Waals surface area contributed by atoms with Crippen LogP contribution in [0.4, 0.5) is 5.69 Å². The molecule has 6 nitrogen and oxygen atoms in total. The van der Waals surface area contributed by atoms with Crippen LogP contribution in [0.25, 0.3) is 10.9 Å². The molecular weight excluding hydrogens is 304 g/mol. The van der Waals surface area contributed by atoms with Gasteiger partial charge in [-0.25, -0.2) is 0 Å². The van der Waals surface area contributed by atoms with E-state index in [0.29, 0.717) is 35.1 Å². The van der Waals surface area contributed by atoms with Crippen molar-refractivity contribution in [2.24, 2.45) is 0 Å². The summed E-state index contributed by atoms with van der Waals surface area (Å²) in [5.74, 6) is 0.497. The predicted molar refractivity (Wildman–Crippen MR) is 84.0 cm³/mol. The summed E-state index contributed by atoms with van der Waals surface area (Å²) in [5, 5.41) is 12.5. The van der Waals surface area contributed by atoms with Crippen molar-refractivity contribution in [2.45, 2.75) is 26.8 Å². The van der Waals surface area contributed by atoms with Crippen molar-refractivity contribution in [3.8, 4) is 0 Å². The first-order chi connectivity index (χ1) is 10.5. The number of benzene rings is 1. The van der Waals surface area contributed by atoms with E-state index in [1.165, 1.54) is 0 Å². The summed E-state index contributed by atoms with van der Waals surface area (Å²) in [4.78, 5) is 12.1. The number of nitrogens with one attached hydrogen (secondary N) is 1. The highest BCUT2D eigenvalue weighted by atomic mass is 35.5. The van der Waals surface area contributed by atoms with Crippen LogP contribution in [0.2, 0.25) is 5.02 Å². The van der Waals surface area contributed by atoms with Crippen molar-refractivity contribution in [1.29, 1.82) is 0 Å². The largest absolute Gasteiger partial charge is 0.359 e. The van der Waals surface area contributed by atoms with Crippen molar-refractivity contribution in [2.75, 3.05) is 5.32 Å². The van der Waals surface area contributed by atoms with Crippen molar-refractivity contribution in [3.05, 3.63) is 40.9 Å². The van der Waals surface area contributed by atoms with Gasteiger partial charge in [0.1, 0.15) is 11.4 Å². The minimum Gasteiger partial charge on any atom is -0.359 e. The van der Waals surface area contributed by atoms with Gasteiger partial charge < -0.3 is 9.84 Å².